The Labute approximate surface area is 100 Å². The van der Waals surface area contributed by atoms with Crippen molar-refractivity contribution in [2.75, 3.05) is 6.61 Å². The van der Waals surface area contributed by atoms with Gasteiger partial charge in [-0.15, -0.1) is 13.2 Å². The molecule has 0 heterocycles. The van der Waals surface area contributed by atoms with E-state index in [9.17, 15) is 22.8 Å². The summed E-state index contributed by atoms with van der Waals surface area (Å²) >= 11 is 0. The molecule has 0 saturated carbocycles. The van der Waals surface area contributed by atoms with E-state index in [1.54, 1.807) is 6.92 Å². The van der Waals surface area contributed by atoms with Crippen LogP contribution in [0.3, 0.4) is 0 Å². The number of hydrogen-bond donors (Lipinski definition) is 0. The number of benzene rings is 1. The minimum atomic E-state index is -4.90. The number of esters is 1. The Morgan fingerprint density at radius 3 is 2.56 bits per heavy atom. The number of alkyl halides is 3. The summed E-state index contributed by atoms with van der Waals surface area (Å²) in [6, 6.07) is 2.96. The predicted octanol–water partition coefficient (Wildman–Crippen LogP) is 2.57. The zero-order chi connectivity index (χ0) is 13.8. The molecule has 0 fully saturated rings. The Morgan fingerprint density at radius 2 is 2.06 bits per heavy atom. The molecule has 98 valence electrons. The van der Waals surface area contributed by atoms with Gasteiger partial charge in [-0.25, -0.2) is 4.79 Å². The molecule has 0 saturated heterocycles. The number of carbonyl (C=O) groups is 2. The molecule has 0 bridgehead atoms. The first-order valence-corrected chi connectivity index (χ1v) is 4.89. The third-order valence-corrected chi connectivity index (χ3v) is 1.87. The minimum absolute atomic E-state index is 0.0199. The van der Waals surface area contributed by atoms with Gasteiger partial charge in [-0.05, 0) is 25.1 Å². The maximum atomic E-state index is 12.0. The lowest BCUT2D eigenvalue weighted by molar-refractivity contribution is -0.274. The van der Waals surface area contributed by atoms with Crippen molar-refractivity contribution < 1.29 is 32.2 Å². The maximum Gasteiger partial charge on any atom is 0.573 e. The number of hydrogen-bond acceptors (Lipinski definition) is 4. The highest BCUT2D eigenvalue weighted by molar-refractivity contribution is 5.92. The number of ether oxygens (including phenoxy) is 2. The first kappa shape index (κ1) is 14.0. The van der Waals surface area contributed by atoms with E-state index < -0.39 is 18.1 Å². The highest BCUT2D eigenvalue weighted by atomic mass is 19.4. The average molecular weight is 262 g/mol. The molecule has 7 heteroatoms. The molecular formula is C11H9F3O4. The van der Waals surface area contributed by atoms with Gasteiger partial charge in [-0.1, -0.05) is 0 Å². The van der Waals surface area contributed by atoms with Gasteiger partial charge in [0.1, 0.15) is 5.75 Å². The van der Waals surface area contributed by atoms with Gasteiger partial charge >= 0.3 is 12.3 Å². The Bertz CT molecular complexity index is 454. The van der Waals surface area contributed by atoms with Crippen LogP contribution in [-0.2, 0) is 4.74 Å². The molecule has 18 heavy (non-hydrogen) atoms. The van der Waals surface area contributed by atoms with E-state index in [1.165, 1.54) is 0 Å². The Balaban J connectivity index is 3.04. The summed E-state index contributed by atoms with van der Waals surface area (Å²) < 4.78 is 44.3. The second-order valence-electron chi connectivity index (χ2n) is 3.14. The van der Waals surface area contributed by atoms with Crippen LogP contribution in [0.4, 0.5) is 13.2 Å². The van der Waals surface area contributed by atoms with Crippen molar-refractivity contribution in [3.05, 3.63) is 29.3 Å². The fourth-order valence-electron chi connectivity index (χ4n) is 1.20. The number of halogens is 3. The van der Waals surface area contributed by atoms with E-state index in [4.69, 9.17) is 0 Å². The molecule has 0 spiro atoms. The van der Waals surface area contributed by atoms with Crippen molar-refractivity contribution in [1.29, 1.82) is 0 Å². The first-order valence-electron chi connectivity index (χ1n) is 4.89. The molecule has 0 atom stereocenters. The van der Waals surface area contributed by atoms with E-state index >= 15 is 0 Å². The van der Waals surface area contributed by atoms with E-state index in [1.807, 2.05) is 0 Å². The standard InChI is InChI=1S/C11H9F3O4/c1-2-17-10(16)7-3-4-9(8(5-7)6-15)18-11(12,13)14/h3-6H,2H2,1H3. The molecular weight excluding hydrogens is 253 g/mol. The summed E-state index contributed by atoms with van der Waals surface area (Å²) in [7, 11) is 0. The van der Waals surface area contributed by atoms with Crippen molar-refractivity contribution >= 4 is 12.3 Å². The van der Waals surface area contributed by atoms with Crippen molar-refractivity contribution in [3.8, 4) is 5.75 Å². The van der Waals surface area contributed by atoms with Gasteiger partial charge in [0.25, 0.3) is 0 Å². The molecule has 0 unspecified atom stereocenters. The van der Waals surface area contributed by atoms with Crippen molar-refractivity contribution in [2.24, 2.45) is 0 Å². The monoisotopic (exact) mass is 262 g/mol. The van der Waals surface area contributed by atoms with Crippen LogP contribution in [0.2, 0.25) is 0 Å². The lowest BCUT2D eigenvalue weighted by Crippen LogP contribution is -2.18. The van der Waals surface area contributed by atoms with Crippen LogP contribution in [0.15, 0.2) is 18.2 Å². The van der Waals surface area contributed by atoms with Crippen LogP contribution in [-0.4, -0.2) is 25.2 Å². The van der Waals surface area contributed by atoms with Gasteiger partial charge in [0.15, 0.2) is 6.29 Å². The Hall–Kier alpha value is -2.05. The maximum absolute atomic E-state index is 12.0. The van der Waals surface area contributed by atoms with Crippen LogP contribution < -0.4 is 4.74 Å². The van der Waals surface area contributed by atoms with E-state index in [0.29, 0.717) is 0 Å². The summed E-state index contributed by atoms with van der Waals surface area (Å²) in [5, 5.41) is 0. The molecule has 0 aliphatic carbocycles. The van der Waals surface area contributed by atoms with Gasteiger partial charge in [-0.3, -0.25) is 4.79 Å². The van der Waals surface area contributed by atoms with Crippen molar-refractivity contribution in [2.45, 2.75) is 13.3 Å². The lowest BCUT2D eigenvalue weighted by atomic mass is 10.1. The third-order valence-electron chi connectivity index (χ3n) is 1.87. The molecule has 0 aliphatic heterocycles. The second-order valence-corrected chi connectivity index (χ2v) is 3.14. The predicted molar refractivity (Wildman–Crippen MR) is 54.5 cm³/mol. The molecule has 0 aromatic heterocycles. The summed E-state index contributed by atoms with van der Waals surface area (Å²) in [5.41, 5.74) is -0.397. The molecule has 0 radical (unpaired) electrons. The summed E-state index contributed by atoms with van der Waals surface area (Å²) in [5.74, 6) is -1.38. The van der Waals surface area contributed by atoms with Crippen LogP contribution in [0.25, 0.3) is 0 Å². The molecule has 1 rings (SSSR count). The number of carbonyl (C=O) groups excluding carboxylic acids is 2. The summed E-state index contributed by atoms with van der Waals surface area (Å²) in [4.78, 5) is 22.0. The van der Waals surface area contributed by atoms with Gasteiger partial charge in [-0.2, -0.15) is 0 Å². The molecule has 0 N–H and O–H groups in total. The SMILES string of the molecule is CCOC(=O)c1ccc(OC(F)(F)F)c(C=O)c1. The third kappa shape index (κ3) is 3.76. The van der Waals surface area contributed by atoms with Crippen molar-refractivity contribution in [3.63, 3.8) is 0 Å². The van der Waals surface area contributed by atoms with Crippen molar-refractivity contribution in [1.82, 2.24) is 0 Å². The molecule has 1 aromatic rings. The average Bonchev–Trinajstić information content (AvgIpc) is 2.27. The molecule has 0 aliphatic rings. The normalized spacial score (nSPS) is 10.9. The number of aldehydes is 1. The fraction of sp³-hybridized carbons (Fsp3) is 0.273. The Morgan fingerprint density at radius 1 is 1.39 bits per heavy atom. The Kier molecular flexibility index (Phi) is 4.30. The highest BCUT2D eigenvalue weighted by Gasteiger charge is 2.32. The molecule has 1 aromatic carbocycles. The topological polar surface area (TPSA) is 52.6 Å². The van der Waals surface area contributed by atoms with Crippen LogP contribution in [0.5, 0.6) is 5.75 Å². The smallest absolute Gasteiger partial charge is 0.462 e. The largest absolute Gasteiger partial charge is 0.573 e. The zero-order valence-corrected chi connectivity index (χ0v) is 9.28. The van der Waals surface area contributed by atoms with Gasteiger partial charge in [0.05, 0.1) is 17.7 Å². The first-order chi connectivity index (χ1) is 8.37. The van der Waals surface area contributed by atoms with Crippen LogP contribution in [0.1, 0.15) is 27.6 Å². The van der Waals surface area contributed by atoms with Gasteiger partial charge in [0.2, 0.25) is 0 Å². The summed E-state index contributed by atoms with van der Waals surface area (Å²) in [6.45, 7) is 1.70. The quantitative estimate of drug-likeness (QED) is 0.618. The van der Waals surface area contributed by atoms with Crippen LogP contribution >= 0.6 is 0 Å². The lowest BCUT2D eigenvalue weighted by Gasteiger charge is -2.11. The van der Waals surface area contributed by atoms with E-state index in [2.05, 4.69) is 9.47 Å². The second kappa shape index (κ2) is 5.52. The van der Waals surface area contributed by atoms with E-state index in [0.717, 1.165) is 18.2 Å². The summed E-state index contributed by atoms with van der Waals surface area (Å²) in [6.07, 6.45) is -4.73. The van der Waals surface area contributed by atoms with E-state index in [-0.39, 0.29) is 24.0 Å². The van der Waals surface area contributed by atoms with Crippen LogP contribution in [0, 0.1) is 0 Å². The fourth-order valence-corrected chi connectivity index (χ4v) is 1.20. The number of rotatable bonds is 4. The zero-order valence-electron chi connectivity index (χ0n) is 9.28. The molecule has 4 nitrogen and oxygen atoms in total. The van der Waals surface area contributed by atoms with Gasteiger partial charge in [0, 0.05) is 0 Å². The van der Waals surface area contributed by atoms with Gasteiger partial charge < -0.3 is 9.47 Å². The molecule has 0 amide bonds. The highest BCUT2D eigenvalue weighted by Crippen LogP contribution is 2.26. The minimum Gasteiger partial charge on any atom is -0.462 e.